The Hall–Kier alpha value is -0.930. The van der Waals surface area contributed by atoms with Gasteiger partial charge in [-0.15, -0.1) is 0 Å². The highest BCUT2D eigenvalue weighted by Gasteiger charge is 2.06. The fourth-order valence-corrected chi connectivity index (χ4v) is 2.78. The van der Waals surface area contributed by atoms with Gasteiger partial charge in [0.25, 0.3) is 0 Å². The van der Waals surface area contributed by atoms with Gasteiger partial charge in [0.05, 0.1) is 5.52 Å². The Kier molecular flexibility index (Phi) is 5.34. The van der Waals surface area contributed by atoms with Gasteiger partial charge >= 0.3 is 0 Å². The molecule has 0 bridgehead atoms. The number of thioether (sulfide) groups is 1. The Morgan fingerprint density at radius 2 is 2.11 bits per heavy atom. The molecule has 2 aromatic rings. The molecule has 0 unspecified atom stereocenters. The molecule has 2 nitrogen and oxygen atoms in total. The molecule has 0 saturated carbocycles. The monoisotopic (exact) mass is 276 g/mol. The summed E-state index contributed by atoms with van der Waals surface area (Å²) in [5.74, 6) is 1.23. The van der Waals surface area contributed by atoms with Crippen molar-refractivity contribution in [2.45, 2.75) is 39.4 Å². The average molecular weight is 276 g/mol. The van der Waals surface area contributed by atoms with Crippen LogP contribution in [0.25, 0.3) is 10.9 Å². The first-order valence-electron chi connectivity index (χ1n) is 7.01. The summed E-state index contributed by atoms with van der Waals surface area (Å²) in [6.45, 7) is 6.44. The molecule has 0 saturated heterocycles. The van der Waals surface area contributed by atoms with Gasteiger partial charge in [-0.2, -0.15) is 11.8 Å². The first-order chi connectivity index (χ1) is 9.22. The summed E-state index contributed by atoms with van der Waals surface area (Å²) in [4.78, 5) is 0. The number of aromatic nitrogens is 1. The quantitative estimate of drug-likeness (QED) is 0.773. The van der Waals surface area contributed by atoms with Crippen LogP contribution in [-0.2, 0) is 13.1 Å². The maximum Gasteiger partial charge on any atom is 0.0525 e. The molecule has 0 radical (unpaired) electrons. The molecule has 19 heavy (non-hydrogen) atoms. The molecule has 1 aromatic carbocycles. The molecule has 104 valence electrons. The highest BCUT2D eigenvalue weighted by Crippen LogP contribution is 2.21. The fourth-order valence-electron chi connectivity index (χ4n) is 2.36. The van der Waals surface area contributed by atoms with E-state index < -0.39 is 0 Å². The van der Waals surface area contributed by atoms with Crippen molar-refractivity contribution in [1.29, 1.82) is 0 Å². The van der Waals surface area contributed by atoms with E-state index in [2.05, 4.69) is 60.4 Å². The minimum absolute atomic E-state index is 0.523. The molecule has 0 aliphatic rings. The van der Waals surface area contributed by atoms with Gasteiger partial charge in [-0.3, -0.25) is 0 Å². The summed E-state index contributed by atoms with van der Waals surface area (Å²) in [6, 6.07) is 9.36. The lowest BCUT2D eigenvalue weighted by Crippen LogP contribution is -2.22. The summed E-state index contributed by atoms with van der Waals surface area (Å²) in [5.41, 5.74) is 2.80. The lowest BCUT2D eigenvalue weighted by molar-refractivity contribution is 0.588. The van der Waals surface area contributed by atoms with Crippen LogP contribution in [0, 0.1) is 0 Å². The van der Waals surface area contributed by atoms with Crippen molar-refractivity contribution >= 4 is 22.7 Å². The Bertz CT molecular complexity index is 516. The molecule has 1 heterocycles. The Morgan fingerprint density at radius 1 is 1.26 bits per heavy atom. The summed E-state index contributed by atoms with van der Waals surface area (Å²) in [5, 5.41) is 4.87. The van der Waals surface area contributed by atoms with Crippen molar-refractivity contribution in [3.05, 3.63) is 36.0 Å². The number of benzene rings is 1. The molecular weight excluding hydrogens is 252 g/mol. The number of rotatable bonds is 7. The van der Waals surface area contributed by atoms with E-state index in [9.17, 15) is 0 Å². The van der Waals surface area contributed by atoms with Gasteiger partial charge in [0.15, 0.2) is 0 Å². The van der Waals surface area contributed by atoms with Crippen LogP contribution in [0.4, 0.5) is 0 Å². The van der Waals surface area contributed by atoms with Crippen molar-refractivity contribution in [2.75, 3.05) is 12.0 Å². The van der Waals surface area contributed by atoms with Crippen LogP contribution in [-0.4, -0.2) is 22.6 Å². The number of para-hydroxylation sites is 1. The van der Waals surface area contributed by atoms with Crippen LogP contribution in [0.15, 0.2) is 30.5 Å². The van der Waals surface area contributed by atoms with E-state index in [0.29, 0.717) is 6.04 Å². The second-order valence-electron chi connectivity index (χ2n) is 5.25. The van der Waals surface area contributed by atoms with Crippen molar-refractivity contribution in [1.82, 2.24) is 9.88 Å². The van der Waals surface area contributed by atoms with E-state index in [1.165, 1.54) is 28.6 Å². The summed E-state index contributed by atoms with van der Waals surface area (Å²) in [7, 11) is 0. The molecule has 0 atom stereocenters. The van der Waals surface area contributed by atoms with Gasteiger partial charge in [-0.1, -0.05) is 32.0 Å². The summed E-state index contributed by atoms with van der Waals surface area (Å²) in [6.07, 6.45) is 5.63. The van der Waals surface area contributed by atoms with Gasteiger partial charge < -0.3 is 9.88 Å². The minimum atomic E-state index is 0.523. The molecule has 2 rings (SSSR count). The Balaban J connectivity index is 2.22. The van der Waals surface area contributed by atoms with E-state index >= 15 is 0 Å². The van der Waals surface area contributed by atoms with Crippen LogP contribution >= 0.6 is 11.8 Å². The predicted molar refractivity (Wildman–Crippen MR) is 86.9 cm³/mol. The Morgan fingerprint density at radius 3 is 2.84 bits per heavy atom. The zero-order valence-electron chi connectivity index (χ0n) is 12.1. The summed E-state index contributed by atoms with van der Waals surface area (Å²) < 4.78 is 2.41. The van der Waals surface area contributed by atoms with Crippen LogP contribution in [0.1, 0.15) is 25.8 Å². The van der Waals surface area contributed by atoms with Gasteiger partial charge in [-0.05, 0) is 35.4 Å². The van der Waals surface area contributed by atoms with E-state index in [1.807, 2.05) is 11.8 Å². The molecular formula is C16H24N2S. The third kappa shape index (κ3) is 3.77. The second-order valence-corrected chi connectivity index (χ2v) is 6.23. The molecule has 3 heteroatoms. The number of hydrogen-bond acceptors (Lipinski definition) is 2. The number of hydrogen-bond donors (Lipinski definition) is 1. The fraction of sp³-hybridized carbons (Fsp3) is 0.500. The van der Waals surface area contributed by atoms with Crippen molar-refractivity contribution in [3.63, 3.8) is 0 Å². The Labute approximate surface area is 120 Å². The molecule has 1 aromatic heterocycles. The molecule has 0 amide bonds. The lowest BCUT2D eigenvalue weighted by Gasteiger charge is -2.12. The highest BCUT2D eigenvalue weighted by atomic mass is 32.2. The summed E-state index contributed by atoms with van der Waals surface area (Å²) >= 11 is 1.92. The number of nitrogens with zero attached hydrogens (tertiary/aromatic N) is 1. The second kappa shape index (κ2) is 7.01. The third-order valence-electron chi connectivity index (χ3n) is 3.32. The average Bonchev–Trinajstić information content (AvgIpc) is 2.81. The molecule has 1 N–H and O–H groups in total. The van der Waals surface area contributed by atoms with E-state index in [-0.39, 0.29) is 0 Å². The van der Waals surface area contributed by atoms with Crippen LogP contribution in [0.3, 0.4) is 0 Å². The number of fused-ring (bicyclic) bond motifs is 1. The zero-order valence-corrected chi connectivity index (χ0v) is 13.0. The molecule has 0 fully saturated rings. The highest BCUT2D eigenvalue weighted by molar-refractivity contribution is 7.98. The topological polar surface area (TPSA) is 17.0 Å². The third-order valence-corrected chi connectivity index (χ3v) is 4.02. The van der Waals surface area contributed by atoms with Crippen LogP contribution < -0.4 is 5.32 Å². The largest absolute Gasteiger partial charge is 0.347 e. The number of nitrogens with one attached hydrogen (secondary N) is 1. The smallest absolute Gasteiger partial charge is 0.0525 e. The van der Waals surface area contributed by atoms with Crippen molar-refractivity contribution in [3.8, 4) is 0 Å². The predicted octanol–water partition coefficient (Wildman–Crippen LogP) is 3.89. The standard InChI is InChI=1S/C16H24N2S/c1-13(2)17-12-15-7-4-6-14-8-10-18(16(14)15)9-5-11-19-3/h4,6-8,10,13,17H,5,9,11-12H2,1-3H3. The van der Waals surface area contributed by atoms with Crippen LogP contribution in [0.5, 0.6) is 0 Å². The maximum atomic E-state index is 3.52. The molecule has 0 spiro atoms. The lowest BCUT2D eigenvalue weighted by atomic mass is 10.1. The van der Waals surface area contributed by atoms with Crippen molar-refractivity contribution < 1.29 is 0 Å². The van der Waals surface area contributed by atoms with E-state index in [1.54, 1.807) is 0 Å². The first-order valence-corrected chi connectivity index (χ1v) is 8.41. The number of aryl methyl sites for hydroxylation is 1. The van der Waals surface area contributed by atoms with E-state index in [4.69, 9.17) is 0 Å². The van der Waals surface area contributed by atoms with Gasteiger partial charge in [0.1, 0.15) is 0 Å². The molecule has 0 aliphatic heterocycles. The zero-order chi connectivity index (χ0) is 13.7. The van der Waals surface area contributed by atoms with Crippen molar-refractivity contribution in [2.24, 2.45) is 0 Å². The minimum Gasteiger partial charge on any atom is -0.347 e. The SMILES string of the molecule is CSCCCn1ccc2cccc(CNC(C)C)c21. The van der Waals surface area contributed by atoms with Crippen LogP contribution in [0.2, 0.25) is 0 Å². The van der Waals surface area contributed by atoms with Gasteiger partial charge in [0, 0.05) is 25.3 Å². The van der Waals surface area contributed by atoms with E-state index in [0.717, 1.165) is 13.1 Å². The normalized spacial score (nSPS) is 11.6. The maximum absolute atomic E-state index is 3.52. The van der Waals surface area contributed by atoms with Gasteiger partial charge in [-0.25, -0.2) is 0 Å². The first kappa shape index (κ1) is 14.5. The van der Waals surface area contributed by atoms with Gasteiger partial charge in [0.2, 0.25) is 0 Å². The molecule has 0 aliphatic carbocycles.